The number of pyridine rings is 1. The lowest BCUT2D eigenvalue weighted by molar-refractivity contribution is 0.0826. The average Bonchev–Trinajstić information content (AvgIpc) is 2.99. The van der Waals surface area contributed by atoms with Gasteiger partial charge < -0.3 is 9.64 Å². The smallest absolute Gasteiger partial charge is 0.163 e. The normalized spacial score (nSPS) is 22.6. The molecule has 2 aromatic heterocycles. The molecule has 4 rings (SSSR count). The molecule has 1 unspecified atom stereocenters. The number of fused-ring (bicyclic) bond motifs is 2. The molecular weight excluding hydrogens is 276 g/mol. The summed E-state index contributed by atoms with van der Waals surface area (Å²) in [6.07, 6.45) is 8.20. The first-order valence-corrected chi connectivity index (χ1v) is 7.94. The van der Waals surface area contributed by atoms with E-state index < -0.39 is 0 Å². The van der Waals surface area contributed by atoms with E-state index in [0.29, 0.717) is 5.92 Å². The van der Waals surface area contributed by atoms with Gasteiger partial charge in [-0.15, -0.1) is 0 Å². The van der Waals surface area contributed by atoms with Crippen LogP contribution in [-0.4, -0.2) is 41.7 Å². The van der Waals surface area contributed by atoms with Crippen LogP contribution in [0.5, 0.6) is 5.75 Å². The quantitative estimate of drug-likeness (QED) is 0.810. The van der Waals surface area contributed by atoms with Gasteiger partial charge >= 0.3 is 0 Å². The molecule has 0 spiro atoms. The molecule has 1 saturated heterocycles. The number of aromatic nitrogens is 2. The first kappa shape index (κ1) is 13.6. The molecular formula is C17H22N4O. The SMILES string of the molecule is CN1CCC(C2Oc3cnccc3N(C)n3cccc32)CC1. The molecule has 0 saturated carbocycles. The summed E-state index contributed by atoms with van der Waals surface area (Å²) >= 11 is 0. The minimum atomic E-state index is 0.0941. The Balaban J connectivity index is 1.75. The Morgan fingerprint density at radius 2 is 2.00 bits per heavy atom. The van der Waals surface area contributed by atoms with Crippen LogP contribution in [-0.2, 0) is 0 Å². The molecule has 2 aliphatic rings. The van der Waals surface area contributed by atoms with Gasteiger partial charge in [-0.2, -0.15) is 0 Å². The van der Waals surface area contributed by atoms with E-state index in [-0.39, 0.29) is 6.10 Å². The zero-order valence-corrected chi connectivity index (χ0v) is 13.1. The fourth-order valence-corrected chi connectivity index (χ4v) is 3.60. The summed E-state index contributed by atoms with van der Waals surface area (Å²) < 4.78 is 8.65. The van der Waals surface area contributed by atoms with Gasteiger partial charge in [0.25, 0.3) is 0 Å². The number of ether oxygens (including phenoxy) is 1. The number of likely N-dealkylation sites (tertiary alicyclic amines) is 1. The van der Waals surface area contributed by atoms with Crippen molar-refractivity contribution in [3.63, 3.8) is 0 Å². The van der Waals surface area contributed by atoms with Crippen LogP contribution >= 0.6 is 0 Å². The Hall–Kier alpha value is -2.01. The summed E-state index contributed by atoms with van der Waals surface area (Å²) in [5, 5.41) is 2.14. The van der Waals surface area contributed by atoms with Gasteiger partial charge in [0.2, 0.25) is 0 Å². The molecule has 1 atom stereocenters. The zero-order chi connectivity index (χ0) is 15.1. The Morgan fingerprint density at radius 1 is 1.18 bits per heavy atom. The highest BCUT2D eigenvalue weighted by Crippen LogP contribution is 2.41. The van der Waals surface area contributed by atoms with Gasteiger partial charge in [0.1, 0.15) is 11.8 Å². The average molecular weight is 298 g/mol. The van der Waals surface area contributed by atoms with Crippen LogP contribution in [0.4, 0.5) is 5.69 Å². The van der Waals surface area contributed by atoms with Crippen molar-refractivity contribution in [2.45, 2.75) is 18.9 Å². The molecule has 0 aliphatic carbocycles. The molecule has 1 fully saturated rings. The van der Waals surface area contributed by atoms with E-state index in [1.807, 2.05) is 18.5 Å². The second kappa shape index (κ2) is 5.32. The lowest BCUT2D eigenvalue weighted by atomic mass is 9.89. The van der Waals surface area contributed by atoms with Crippen molar-refractivity contribution in [3.05, 3.63) is 42.5 Å². The van der Waals surface area contributed by atoms with E-state index in [0.717, 1.165) is 24.5 Å². The molecule has 22 heavy (non-hydrogen) atoms. The maximum absolute atomic E-state index is 6.44. The first-order valence-electron chi connectivity index (χ1n) is 7.94. The lowest BCUT2D eigenvalue weighted by Gasteiger charge is -2.34. The maximum atomic E-state index is 6.44. The Bertz CT molecular complexity index is 660. The predicted octanol–water partition coefficient (Wildman–Crippen LogP) is 2.56. The first-order chi connectivity index (χ1) is 10.7. The minimum Gasteiger partial charge on any atom is -0.480 e. The predicted molar refractivity (Wildman–Crippen MR) is 86.1 cm³/mol. The third-order valence-electron chi connectivity index (χ3n) is 4.93. The van der Waals surface area contributed by atoms with Gasteiger partial charge in [0.05, 0.1) is 11.9 Å². The van der Waals surface area contributed by atoms with Crippen LogP contribution in [0, 0.1) is 5.92 Å². The summed E-state index contributed by atoms with van der Waals surface area (Å²) in [7, 11) is 4.27. The van der Waals surface area contributed by atoms with E-state index in [1.165, 1.54) is 18.5 Å². The molecule has 0 N–H and O–H groups in total. The van der Waals surface area contributed by atoms with Crippen molar-refractivity contribution in [1.29, 1.82) is 0 Å². The second-order valence-corrected chi connectivity index (χ2v) is 6.32. The highest BCUT2D eigenvalue weighted by Gasteiger charge is 2.33. The van der Waals surface area contributed by atoms with Gasteiger partial charge in [-0.1, -0.05) is 0 Å². The summed E-state index contributed by atoms with van der Waals surface area (Å²) in [4.78, 5) is 6.64. The van der Waals surface area contributed by atoms with Crippen molar-refractivity contribution in [2.24, 2.45) is 5.92 Å². The van der Waals surface area contributed by atoms with Gasteiger partial charge in [0.15, 0.2) is 5.75 Å². The van der Waals surface area contributed by atoms with Gasteiger partial charge in [0, 0.05) is 25.4 Å². The summed E-state index contributed by atoms with van der Waals surface area (Å²) in [5.74, 6) is 1.42. The van der Waals surface area contributed by atoms with Gasteiger partial charge in [-0.3, -0.25) is 14.7 Å². The molecule has 0 aromatic carbocycles. The third kappa shape index (κ3) is 2.16. The Morgan fingerprint density at radius 3 is 2.82 bits per heavy atom. The van der Waals surface area contributed by atoms with E-state index in [1.54, 1.807) is 0 Å². The summed E-state index contributed by atoms with van der Waals surface area (Å²) in [6.45, 7) is 2.28. The number of piperidine rings is 1. The van der Waals surface area contributed by atoms with Crippen molar-refractivity contribution >= 4 is 5.69 Å². The topological polar surface area (TPSA) is 33.5 Å². The van der Waals surface area contributed by atoms with Gasteiger partial charge in [-0.25, -0.2) is 0 Å². The Kier molecular flexibility index (Phi) is 3.30. The summed E-state index contributed by atoms with van der Waals surface area (Å²) in [5.41, 5.74) is 2.29. The molecule has 0 radical (unpaired) electrons. The Labute approximate surface area is 131 Å². The van der Waals surface area contributed by atoms with Crippen LogP contribution in [0.15, 0.2) is 36.8 Å². The fraction of sp³-hybridized carbons (Fsp3) is 0.471. The molecule has 5 heteroatoms. The molecule has 4 heterocycles. The van der Waals surface area contributed by atoms with E-state index in [9.17, 15) is 0 Å². The zero-order valence-electron chi connectivity index (χ0n) is 13.1. The molecule has 116 valence electrons. The van der Waals surface area contributed by atoms with Crippen LogP contribution in [0.3, 0.4) is 0 Å². The van der Waals surface area contributed by atoms with Crippen molar-refractivity contribution in [3.8, 4) is 5.75 Å². The standard InChI is InChI=1S/C17H22N4O/c1-19-10-6-13(7-11-19)17-15-4-3-9-21(15)20(2)14-5-8-18-12-16(14)22-17/h3-5,8-9,12-13,17H,6-7,10-11H2,1-2H3. The lowest BCUT2D eigenvalue weighted by Crippen LogP contribution is -2.35. The third-order valence-corrected chi connectivity index (χ3v) is 4.93. The van der Waals surface area contributed by atoms with E-state index >= 15 is 0 Å². The highest BCUT2D eigenvalue weighted by atomic mass is 16.5. The van der Waals surface area contributed by atoms with Crippen LogP contribution in [0.25, 0.3) is 0 Å². The van der Waals surface area contributed by atoms with Gasteiger partial charge in [-0.05, 0) is 51.2 Å². The molecule has 5 nitrogen and oxygen atoms in total. The minimum absolute atomic E-state index is 0.0941. The molecule has 0 amide bonds. The van der Waals surface area contributed by atoms with Crippen molar-refractivity contribution in [2.75, 3.05) is 32.2 Å². The second-order valence-electron chi connectivity index (χ2n) is 6.32. The maximum Gasteiger partial charge on any atom is 0.163 e. The largest absolute Gasteiger partial charge is 0.480 e. The molecule has 0 bridgehead atoms. The van der Waals surface area contributed by atoms with Crippen LogP contribution in [0.2, 0.25) is 0 Å². The highest BCUT2D eigenvalue weighted by molar-refractivity contribution is 5.57. The van der Waals surface area contributed by atoms with Crippen molar-refractivity contribution < 1.29 is 4.74 Å². The number of nitrogens with zero attached hydrogens (tertiary/aromatic N) is 4. The van der Waals surface area contributed by atoms with Crippen LogP contribution < -0.4 is 9.75 Å². The van der Waals surface area contributed by atoms with Crippen molar-refractivity contribution in [1.82, 2.24) is 14.6 Å². The van der Waals surface area contributed by atoms with E-state index in [4.69, 9.17) is 4.74 Å². The molecule has 2 aromatic rings. The monoisotopic (exact) mass is 298 g/mol. The van der Waals surface area contributed by atoms with Crippen LogP contribution in [0.1, 0.15) is 24.6 Å². The number of anilines is 1. The fourth-order valence-electron chi connectivity index (χ4n) is 3.60. The van der Waals surface area contributed by atoms with E-state index in [2.05, 4.69) is 52.0 Å². The number of hydrogen-bond donors (Lipinski definition) is 0. The number of hydrogen-bond acceptors (Lipinski definition) is 4. The molecule has 2 aliphatic heterocycles. The summed E-state index contributed by atoms with van der Waals surface area (Å²) in [6, 6.07) is 6.29. The number of rotatable bonds is 1.